The van der Waals surface area contributed by atoms with E-state index in [-0.39, 0.29) is 10.7 Å². The number of anilines is 1. The number of hydrogen-bond acceptors (Lipinski definition) is 3. The van der Waals surface area contributed by atoms with Crippen LogP contribution in [-0.4, -0.2) is 20.7 Å². The quantitative estimate of drug-likeness (QED) is 0.892. The molecule has 24 heavy (non-hydrogen) atoms. The molecule has 1 aliphatic rings. The van der Waals surface area contributed by atoms with E-state index in [1.807, 2.05) is 0 Å². The number of hydrogen-bond donors (Lipinski definition) is 2. The molecule has 0 aliphatic heterocycles. The van der Waals surface area contributed by atoms with Crippen molar-refractivity contribution < 1.29 is 17.6 Å². The fourth-order valence-electron chi connectivity index (χ4n) is 2.62. The van der Waals surface area contributed by atoms with Gasteiger partial charge in [0.1, 0.15) is 5.82 Å². The first-order valence-corrected chi connectivity index (χ1v) is 9.34. The standard InChI is InChI=1S/C17H17FN2O3S/c1-24(22,23)13-6-4-5-12(11-13)19-16(21)20-17(9-10-17)14-7-2-3-8-15(14)18/h2-8,11H,9-10H2,1H3,(H2,19,20,21). The zero-order chi connectivity index (χ0) is 17.4. The monoisotopic (exact) mass is 348 g/mol. The normalized spacial score (nSPS) is 15.6. The molecule has 2 amide bonds. The van der Waals surface area contributed by atoms with E-state index in [9.17, 15) is 17.6 Å². The second kappa shape index (κ2) is 5.90. The number of amides is 2. The molecule has 0 spiro atoms. The molecular weight excluding hydrogens is 331 g/mol. The van der Waals surface area contributed by atoms with Gasteiger partial charge in [-0.3, -0.25) is 0 Å². The van der Waals surface area contributed by atoms with Crippen LogP contribution in [0.5, 0.6) is 0 Å². The Morgan fingerprint density at radius 3 is 2.46 bits per heavy atom. The number of carbonyl (C=O) groups is 1. The molecule has 0 bridgehead atoms. The Morgan fingerprint density at radius 2 is 1.83 bits per heavy atom. The maximum Gasteiger partial charge on any atom is 0.319 e. The minimum Gasteiger partial charge on any atom is -0.328 e. The predicted molar refractivity (Wildman–Crippen MR) is 89.0 cm³/mol. The highest BCUT2D eigenvalue weighted by atomic mass is 32.2. The van der Waals surface area contributed by atoms with Crippen molar-refractivity contribution in [3.05, 3.63) is 59.9 Å². The summed E-state index contributed by atoms with van der Waals surface area (Å²) in [6.07, 6.45) is 2.42. The number of halogens is 1. The lowest BCUT2D eigenvalue weighted by molar-refractivity contribution is 0.247. The van der Waals surface area contributed by atoms with Crippen molar-refractivity contribution in [3.63, 3.8) is 0 Å². The van der Waals surface area contributed by atoms with E-state index < -0.39 is 21.4 Å². The van der Waals surface area contributed by atoms with Gasteiger partial charge in [-0.25, -0.2) is 17.6 Å². The number of carbonyl (C=O) groups excluding carboxylic acids is 1. The number of sulfone groups is 1. The van der Waals surface area contributed by atoms with Crippen molar-refractivity contribution >= 4 is 21.6 Å². The molecule has 1 saturated carbocycles. The van der Waals surface area contributed by atoms with Crippen molar-refractivity contribution in [2.45, 2.75) is 23.3 Å². The fourth-order valence-corrected chi connectivity index (χ4v) is 3.29. The van der Waals surface area contributed by atoms with E-state index in [0.717, 1.165) is 6.26 Å². The van der Waals surface area contributed by atoms with Crippen LogP contribution < -0.4 is 10.6 Å². The molecule has 0 aromatic heterocycles. The second-order valence-electron chi connectivity index (χ2n) is 5.94. The Morgan fingerprint density at radius 1 is 1.12 bits per heavy atom. The zero-order valence-electron chi connectivity index (χ0n) is 13.0. The summed E-state index contributed by atoms with van der Waals surface area (Å²) in [7, 11) is -3.35. The molecule has 7 heteroatoms. The van der Waals surface area contributed by atoms with Crippen molar-refractivity contribution in [1.82, 2.24) is 5.32 Å². The summed E-state index contributed by atoms with van der Waals surface area (Å²) in [5.41, 5.74) is 0.133. The summed E-state index contributed by atoms with van der Waals surface area (Å²) in [6.45, 7) is 0. The van der Waals surface area contributed by atoms with Gasteiger partial charge in [0.2, 0.25) is 0 Å². The summed E-state index contributed by atoms with van der Waals surface area (Å²) in [6, 6.07) is 11.8. The molecule has 0 saturated heterocycles. The van der Waals surface area contributed by atoms with E-state index >= 15 is 0 Å². The van der Waals surface area contributed by atoms with Crippen LogP contribution in [0.25, 0.3) is 0 Å². The average Bonchev–Trinajstić information content (AvgIpc) is 3.27. The van der Waals surface area contributed by atoms with E-state index in [1.165, 1.54) is 18.2 Å². The lowest BCUT2D eigenvalue weighted by Gasteiger charge is -2.19. The highest BCUT2D eigenvalue weighted by Crippen LogP contribution is 2.46. The van der Waals surface area contributed by atoms with Crippen LogP contribution in [0.2, 0.25) is 0 Å². The molecule has 1 fully saturated rings. The van der Waals surface area contributed by atoms with Gasteiger partial charge in [-0.15, -0.1) is 0 Å². The third-order valence-corrected chi connectivity index (χ3v) is 5.12. The van der Waals surface area contributed by atoms with Crippen molar-refractivity contribution in [2.24, 2.45) is 0 Å². The topological polar surface area (TPSA) is 75.3 Å². The van der Waals surface area contributed by atoms with E-state index in [4.69, 9.17) is 0 Å². The number of benzene rings is 2. The summed E-state index contributed by atoms with van der Waals surface area (Å²) >= 11 is 0. The number of rotatable bonds is 4. The molecule has 1 aliphatic carbocycles. The van der Waals surface area contributed by atoms with Gasteiger partial charge in [0.15, 0.2) is 9.84 Å². The molecule has 126 valence electrons. The minimum atomic E-state index is -3.35. The van der Waals surface area contributed by atoms with Gasteiger partial charge in [0.25, 0.3) is 0 Å². The van der Waals surface area contributed by atoms with E-state index in [1.54, 1.807) is 30.3 Å². The maximum absolute atomic E-state index is 13.9. The minimum absolute atomic E-state index is 0.121. The fraction of sp³-hybridized carbons (Fsp3) is 0.235. The number of urea groups is 1. The molecule has 2 aromatic rings. The summed E-state index contributed by atoms with van der Waals surface area (Å²) in [5, 5.41) is 5.39. The Kier molecular flexibility index (Phi) is 4.04. The molecule has 0 radical (unpaired) electrons. The number of nitrogens with one attached hydrogen (secondary N) is 2. The molecule has 3 rings (SSSR count). The van der Waals surface area contributed by atoms with Crippen LogP contribution in [0.4, 0.5) is 14.9 Å². The zero-order valence-corrected chi connectivity index (χ0v) is 13.9. The van der Waals surface area contributed by atoms with Crippen LogP contribution >= 0.6 is 0 Å². The summed E-state index contributed by atoms with van der Waals surface area (Å²) in [4.78, 5) is 12.3. The molecule has 0 heterocycles. The summed E-state index contributed by atoms with van der Waals surface area (Å²) in [5.74, 6) is -0.352. The first-order valence-electron chi connectivity index (χ1n) is 7.44. The van der Waals surface area contributed by atoms with Crippen molar-refractivity contribution in [2.75, 3.05) is 11.6 Å². The molecular formula is C17H17FN2O3S. The first kappa shape index (κ1) is 16.4. The van der Waals surface area contributed by atoms with Gasteiger partial charge in [-0.2, -0.15) is 0 Å². The molecule has 5 nitrogen and oxygen atoms in total. The van der Waals surface area contributed by atoms with Gasteiger partial charge >= 0.3 is 6.03 Å². The van der Waals surface area contributed by atoms with Crippen LogP contribution in [0.1, 0.15) is 18.4 Å². The Balaban J connectivity index is 1.74. The van der Waals surface area contributed by atoms with Crippen LogP contribution in [0, 0.1) is 5.82 Å². The average molecular weight is 348 g/mol. The third-order valence-electron chi connectivity index (χ3n) is 4.01. The molecule has 0 unspecified atom stereocenters. The van der Waals surface area contributed by atoms with Gasteiger partial charge in [-0.05, 0) is 37.1 Å². The SMILES string of the molecule is CS(=O)(=O)c1cccc(NC(=O)NC2(c3ccccc3F)CC2)c1. The first-order chi connectivity index (χ1) is 11.3. The van der Waals surface area contributed by atoms with Crippen molar-refractivity contribution in [1.29, 1.82) is 0 Å². The van der Waals surface area contributed by atoms with Crippen LogP contribution in [0.15, 0.2) is 53.4 Å². The smallest absolute Gasteiger partial charge is 0.319 e. The molecule has 0 atom stereocenters. The lowest BCUT2D eigenvalue weighted by Crippen LogP contribution is -2.38. The van der Waals surface area contributed by atoms with Gasteiger partial charge in [-0.1, -0.05) is 24.3 Å². The highest BCUT2D eigenvalue weighted by molar-refractivity contribution is 7.90. The molecule has 2 N–H and O–H groups in total. The van der Waals surface area contributed by atoms with Gasteiger partial charge in [0.05, 0.1) is 10.4 Å². The Hall–Kier alpha value is -2.41. The Labute approximate surface area is 139 Å². The lowest BCUT2D eigenvalue weighted by atomic mass is 10.0. The van der Waals surface area contributed by atoms with E-state index in [2.05, 4.69) is 10.6 Å². The highest BCUT2D eigenvalue weighted by Gasteiger charge is 2.47. The third kappa shape index (κ3) is 3.41. The Bertz CT molecular complexity index is 892. The van der Waals surface area contributed by atoms with Gasteiger partial charge < -0.3 is 10.6 Å². The maximum atomic E-state index is 13.9. The largest absolute Gasteiger partial charge is 0.328 e. The van der Waals surface area contributed by atoms with Crippen LogP contribution in [-0.2, 0) is 15.4 Å². The predicted octanol–water partition coefficient (Wildman–Crippen LogP) is 3.04. The van der Waals surface area contributed by atoms with E-state index in [0.29, 0.717) is 24.1 Å². The van der Waals surface area contributed by atoms with Gasteiger partial charge in [0, 0.05) is 17.5 Å². The molecule has 2 aromatic carbocycles. The van der Waals surface area contributed by atoms with Crippen molar-refractivity contribution in [3.8, 4) is 0 Å². The second-order valence-corrected chi connectivity index (χ2v) is 7.96. The van der Waals surface area contributed by atoms with Crippen LogP contribution in [0.3, 0.4) is 0 Å². The summed E-state index contributed by atoms with van der Waals surface area (Å²) < 4.78 is 37.1.